The molecule has 0 radical (unpaired) electrons. The number of hydrogen-bond acceptors (Lipinski definition) is 3. The molecule has 0 aliphatic carbocycles. The number of piperidine rings is 1. The zero-order valence-electron chi connectivity index (χ0n) is 10.6. The standard InChI is InChI=1S/C14H22N2S/c1-2-12-5-6-13(17-12)10-16-7-3-4-11-8-15-9-14(11)16/h5-6,11,14-15H,2-4,7-10H2,1H3. The summed E-state index contributed by atoms with van der Waals surface area (Å²) in [5, 5.41) is 3.56. The van der Waals surface area contributed by atoms with Crippen LogP contribution in [-0.4, -0.2) is 30.6 Å². The van der Waals surface area contributed by atoms with E-state index in [2.05, 4.69) is 29.3 Å². The van der Waals surface area contributed by atoms with Crippen LogP contribution in [0.2, 0.25) is 0 Å². The van der Waals surface area contributed by atoms with E-state index in [1.165, 1.54) is 50.3 Å². The number of nitrogens with one attached hydrogen (secondary N) is 1. The predicted octanol–water partition coefficient (Wildman–Crippen LogP) is 2.49. The van der Waals surface area contributed by atoms with Gasteiger partial charge in [0, 0.05) is 28.9 Å². The Bertz CT molecular complexity index is 374. The van der Waals surface area contributed by atoms with Crippen LogP contribution in [0.1, 0.15) is 29.5 Å². The smallest absolute Gasteiger partial charge is 0.0331 e. The summed E-state index contributed by atoms with van der Waals surface area (Å²) in [5.41, 5.74) is 0. The minimum atomic E-state index is 0.802. The molecule has 0 saturated carbocycles. The maximum atomic E-state index is 3.56. The Morgan fingerprint density at radius 1 is 1.35 bits per heavy atom. The molecule has 1 aromatic rings. The van der Waals surface area contributed by atoms with Gasteiger partial charge >= 0.3 is 0 Å². The molecule has 0 spiro atoms. The van der Waals surface area contributed by atoms with Gasteiger partial charge in [-0.3, -0.25) is 4.90 Å². The highest BCUT2D eigenvalue weighted by Crippen LogP contribution is 2.29. The van der Waals surface area contributed by atoms with E-state index in [1.54, 1.807) is 4.88 Å². The molecule has 17 heavy (non-hydrogen) atoms. The molecule has 0 bridgehead atoms. The summed E-state index contributed by atoms with van der Waals surface area (Å²) in [6.07, 6.45) is 3.99. The normalized spacial score (nSPS) is 29.5. The van der Waals surface area contributed by atoms with E-state index < -0.39 is 0 Å². The van der Waals surface area contributed by atoms with Crippen LogP contribution in [0, 0.1) is 5.92 Å². The van der Waals surface area contributed by atoms with E-state index in [-0.39, 0.29) is 0 Å². The molecule has 0 aromatic carbocycles. The number of nitrogens with zero attached hydrogens (tertiary/aromatic N) is 1. The van der Waals surface area contributed by atoms with Gasteiger partial charge in [-0.1, -0.05) is 6.92 Å². The van der Waals surface area contributed by atoms with E-state index >= 15 is 0 Å². The SMILES string of the molecule is CCc1ccc(CN2CCCC3CNCC32)s1. The fourth-order valence-electron chi connectivity index (χ4n) is 3.26. The second kappa shape index (κ2) is 5.09. The van der Waals surface area contributed by atoms with Gasteiger partial charge in [0.2, 0.25) is 0 Å². The third-order valence-electron chi connectivity index (χ3n) is 4.22. The molecule has 1 N–H and O–H groups in total. The highest BCUT2D eigenvalue weighted by Gasteiger charge is 2.34. The minimum Gasteiger partial charge on any atom is -0.315 e. The lowest BCUT2D eigenvalue weighted by molar-refractivity contribution is 0.119. The molecule has 1 aromatic heterocycles. The van der Waals surface area contributed by atoms with Gasteiger partial charge in [0.1, 0.15) is 0 Å². The van der Waals surface area contributed by atoms with Gasteiger partial charge < -0.3 is 5.32 Å². The van der Waals surface area contributed by atoms with Crippen LogP contribution in [0.15, 0.2) is 12.1 Å². The van der Waals surface area contributed by atoms with Crippen LogP contribution in [0.3, 0.4) is 0 Å². The third kappa shape index (κ3) is 2.42. The summed E-state index contributed by atoms with van der Waals surface area (Å²) in [6, 6.07) is 5.43. The highest BCUT2D eigenvalue weighted by molar-refractivity contribution is 7.11. The quantitative estimate of drug-likeness (QED) is 0.886. The molecule has 2 aliphatic heterocycles. The van der Waals surface area contributed by atoms with E-state index in [1.807, 2.05) is 11.3 Å². The Hall–Kier alpha value is -0.380. The number of thiophene rings is 1. The molecule has 2 nitrogen and oxygen atoms in total. The van der Waals surface area contributed by atoms with E-state index in [0.717, 1.165) is 12.0 Å². The Labute approximate surface area is 108 Å². The Morgan fingerprint density at radius 3 is 3.06 bits per heavy atom. The molecule has 3 heterocycles. The van der Waals surface area contributed by atoms with Gasteiger partial charge in [-0.25, -0.2) is 0 Å². The van der Waals surface area contributed by atoms with Gasteiger partial charge in [-0.2, -0.15) is 0 Å². The average Bonchev–Trinajstić information content (AvgIpc) is 2.97. The van der Waals surface area contributed by atoms with Crippen molar-refractivity contribution in [2.45, 2.75) is 38.8 Å². The van der Waals surface area contributed by atoms with Crippen LogP contribution >= 0.6 is 11.3 Å². The molecular formula is C14H22N2S. The molecule has 3 heteroatoms. The van der Waals surface area contributed by atoms with Gasteiger partial charge in [0.05, 0.1) is 0 Å². The van der Waals surface area contributed by atoms with E-state index in [4.69, 9.17) is 0 Å². The lowest BCUT2D eigenvalue weighted by Crippen LogP contribution is -2.44. The molecule has 2 fully saturated rings. The van der Waals surface area contributed by atoms with Crippen LogP contribution in [-0.2, 0) is 13.0 Å². The molecular weight excluding hydrogens is 228 g/mol. The van der Waals surface area contributed by atoms with Crippen molar-refractivity contribution in [1.29, 1.82) is 0 Å². The highest BCUT2D eigenvalue weighted by atomic mass is 32.1. The first-order valence-corrected chi connectivity index (χ1v) is 7.71. The van der Waals surface area contributed by atoms with Gasteiger partial charge in [-0.05, 0) is 50.4 Å². The Balaban J connectivity index is 1.67. The largest absolute Gasteiger partial charge is 0.315 e. The number of rotatable bonds is 3. The van der Waals surface area contributed by atoms with Crippen LogP contribution in [0.4, 0.5) is 0 Å². The van der Waals surface area contributed by atoms with Crippen molar-refractivity contribution in [3.8, 4) is 0 Å². The van der Waals surface area contributed by atoms with Crippen LogP contribution in [0.5, 0.6) is 0 Å². The topological polar surface area (TPSA) is 15.3 Å². The molecule has 94 valence electrons. The van der Waals surface area contributed by atoms with E-state index in [9.17, 15) is 0 Å². The van der Waals surface area contributed by atoms with Gasteiger partial charge in [0.15, 0.2) is 0 Å². The first-order chi connectivity index (χ1) is 8.36. The first kappa shape index (κ1) is 11.7. The average molecular weight is 250 g/mol. The summed E-state index contributed by atoms with van der Waals surface area (Å²) in [4.78, 5) is 5.78. The zero-order valence-corrected chi connectivity index (χ0v) is 11.4. The van der Waals surface area contributed by atoms with Crippen LogP contribution < -0.4 is 5.32 Å². The van der Waals surface area contributed by atoms with Crippen molar-refractivity contribution < 1.29 is 0 Å². The minimum absolute atomic E-state index is 0.802. The summed E-state index contributed by atoms with van der Waals surface area (Å²) in [6.45, 7) is 7.16. The lowest BCUT2D eigenvalue weighted by Gasteiger charge is -2.36. The van der Waals surface area contributed by atoms with Crippen molar-refractivity contribution in [2.24, 2.45) is 5.92 Å². The molecule has 2 aliphatic rings. The summed E-state index contributed by atoms with van der Waals surface area (Å²) >= 11 is 2.00. The predicted molar refractivity (Wildman–Crippen MR) is 73.5 cm³/mol. The molecule has 2 atom stereocenters. The maximum absolute atomic E-state index is 3.56. The van der Waals surface area contributed by atoms with Crippen LogP contribution in [0.25, 0.3) is 0 Å². The summed E-state index contributed by atoms with van der Waals surface area (Å²) in [5.74, 6) is 0.911. The molecule has 0 amide bonds. The van der Waals surface area contributed by atoms with E-state index in [0.29, 0.717) is 0 Å². The number of fused-ring (bicyclic) bond motifs is 1. The van der Waals surface area contributed by atoms with Gasteiger partial charge in [0.25, 0.3) is 0 Å². The zero-order chi connectivity index (χ0) is 11.7. The second-order valence-electron chi connectivity index (χ2n) is 5.32. The fraction of sp³-hybridized carbons (Fsp3) is 0.714. The summed E-state index contributed by atoms with van der Waals surface area (Å²) in [7, 11) is 0. The Morgan fingerprint density at radius 2 is 2.24 bits per heavy atom. The molecule has 2 unspecified atom stereocenters. The monoisotopic (exact) mass is 250 g/mol. The number of aryl methyl sites for hydroxylation is 1. The summed E-state index contributed by atoms with van der Waals surface area (Å²) < 4.78 is 0. The van der Waals surface area contributed by atoms with Crippen molar-refractivity contribution in [1.82, 2.24) is 10.2 Å². The van der Waals surface area contributed by atoms with Crippen molar-refractivity contribution in [2.75, 3.05) is 19.6 Å². The molecule has 3 rings (SSSR count). The van der Waals surface area contributed by atoms with Crippen molar-refractivity contribution >= 4 is 11.3 Å². The van der Waals surface area contributed by atoms with Crippen molar-refractivity contribution in [3.05, 3.63) is 21.9 Å². The Kier molecular flexibility index (Phi) is 3.50. The fourth-order valence-corrected chi connectivity index (χ4v) is 4.24. The maximum Gasteiger partial charge on any atom is 0.0331 e. The second-order valence-corrected chi connectivity index (χ2v) is 6.57. The van der Waals surface area contributed by atoms with Crippen molar-refractivity contribution in [3.63, 3.8) is 0 Å². The van der Waals surface area contributed by atoms with Gasteiger partial charge in [-0.15, -0.1) is 11.3 Å². The first-order valence-electron chi connectivity index (χ1n) is 6.89. The number of hydrogen-bond donors (Lipinski definition) is 1. The number of likely N-dealkylation sites (tertiary alicyclic amines) is 1. The third-order valence-corrected chi connectivity index (χ3v) is 5.43. The lowest BCUT2D eigenvalue weighted by atomic mass is 9.92. The molecule has 2 saturated heterocycles.